The number of hydrogen-bond acceptors (Lipinski definition) is 8. The maximum absolute atomic E-state index is 14.1. The van der Waals surface area contributed by atoms with Gasteiger partial charge in [0.05, 0.1) is 13.0 Å². The molecule has 1 aromatic heterocycles. The van der Waals surface area contributed by atoms with E-state index in [1.807, 2.05) is 32.9 Å². The van der Waals surface area contributed by atoms with Crippen molar-refractivity contribution in [1.29, 1.82) is 5.26 Å². The Morgan fingerprint density at radius 3 is 2.58 bits per heavy atom. The Morgan fingerprint density at radius 1 is 1.02 bits per heavy atom. The number of ether oxygens (including phenoxy) is 4. The number of carbonyl (C=O) groups is 1. The van der Waals surface area contributed by atoms with Crippen LogP contribution in [0.5, 0.6) is 23.0 Å². The van der Waals surface area contributed by atoms with Crippen molar-refractivity contribution < 1.29 is 32.5 Å². The van der Waals surface area contributed by atoms with E-state index in [2.05, 4.69) is 6.07 Å². The zero-order valence-electron chi connectivity index (χ0n) is 25.1. The van der Waals surface area contributed by atoms with Crippen LogP contribution in [0.25, 0.3) is 11.0 Å². The number of fused-ring (bicyclic) bond motifs is 2. The van der Waals surface area contributed by atoms with Crippen LogP contribution in [0.2, 0.25) is 0 Å². The van der Waals surface area contributed by atoms with Gasteiger partial charge in [0, 0.05) is 28.1 Å². The van der Waals surface area contributed by atoms with Crippen LogP contribution < -0.4 is 24.7 Å². The molecule has 45 heavy (non-hydrogen) atoms. The molecule has 5 aromatic rings. The second kappa shape index (κ2) is 11.7. The summed E-state index contributed by atoms with van der Waals surface area (Å²) in [6, 6.07) is 22.6. The Bertz CT molecular complexity index is 2060. The molecule has 0 spiro atoms. The first-order chi connectivity index (χ1) is 21.7. The molecule has 0 aliphatic carbocycles. The SMILES string of the molecule is COc1cc(C2C(C#N)=C(N)Oc3cc(OC(=O)c4oc5cc(C)cc(C)c5c4C)ccc32)ccc1OCc1ccccc1F. The highest BCUT2D eigenvalue weighted by Crippen LogP contribution is 2.45. The second-order valence-electron chi connectivity index (χ2n) is 10.8. The van der Waals surface area contributed by atoms with Gasteiger partial charge in [-0.05, 0) is 67.8 Å². The minimum Gasteiger partial charge on any atom is -0.493 e. The number of carbonyl (C=O) groups excluding carboxylic acids is 1. The van der Waals surface area contributed by atoms with E-state index in [4.69, 9.17) is 29.1 Å². The van der Waals surface area contributed by atoms with Crippen molar-refractivity contribution in [1.82, 2.24) is 0 Å². The first kappa shape index (κ1) is 29.3. The molecule has 6 rings (SSSR count). The molecule has 9 heteroatoms. The van der Waals surface area contributed by atoms with Gasteiger partial charge in [0.25, 0.3) is 0 Å². The summed E-state index contributed by atoms with van der Waals surface area (Å²) in [5.74, 6) is -0.241. The average Bonchev–Trinajstić information content (AvgIpc) is 3.36. The van der Waals surface area contributed by atoms with Gasteiger partial charge in [-0.2, -0.15) is 5.26 Å². The number of nitrogens with zero attached hydrogens (tertiary/aromatic N) is 1. The number of hydrogen-bond donors (Lipinski definition) is 1. The summed E-state index contributed by atoms with van der Waals surface area (Å²) in [5, 5.41) is 10.9. The number of benzene rings is 4. The third-order valence-corrected chi connectivity index (χ3v) is 7.82. The highest BCUT2D eigenvalue weighted by atomic mass is 19.1. The summed E-state index contributed by atoms with van der Waals surface area (Å²) < 4.78 is 43.0. The van der Waals surface area contributed by atoms with Crippen molar-refractivity contribution >= 4 is 16.9 Å². The van der Waals surface area contributed by atoms with Gasteiger partial charge in [-0.3, -0.25) is 0 Å². The van der Waals surface area contributed by atoms with Gasteiger partial charge in [0.2, 0.25) is 11.6 Å². The zero-order chi connectivity index (χ0) is 31.8. The standard InChI is InChI=1S/C36H29FN2O6/c1-19-13-20(2)32-21(3)34(44-31(32)14-19)36(40)43-24-10-11-25-29(16-24)45-35(39)26(17-38)33(25)22-9-12-28(30(15-22)41-4)42-18-23-7-5-6-8-27(23)37/h5-16,33H,18,39H2,1-4H3. The van der Waals surface area contributed by atoms with Gasteiger partial charge in [-0.1, -0.05) is 36.4 Å². The normalized spacial score (nSPS) is 14.0. The van der Waals surface area contributed by atoms with E-state index in [1.54, 1.807) is 54.6 Å². The molecular formula is C36H29FN2O6. The van der Waals surface area contributed by atoms with E-state index in [0.717, 1.165) is 16.5 Å². The summed E-state index contributed by atoms with van der Waals surface area (Å²) >= 11 is 0. The molecular weight excluding hydrogens is 575 g/mol. The minimum atomic E-state index is -0.648. The van der Waals surface area contributed by atoms with Gasteiger partial charge < -0.3 is 29.1 Å². The van der Waals surface area contributed by atoms with Crippen molar-refractivity contribution in [3.05, 3.63) is 129 Å². The Kier molecular flexibility index (Phi) is 7.65. The van der Waals surface area contributed by atoms with Gasteiger partial charge >= 0.3 is 5.97 Å². The predicted molar refractivity (Wildman–Crippen MR) is 165 cm³/mol. The molecule has 0 amide bonds. The van der Waals surface area contributed by atoms with Crippen molar-refractivity contribution in [3.63, 3.8) is 0 Å². The lowest BCUT2D eigenvalue weighted by Crippen LogP contribution is -2.21. The van der Waals surface area contributed by atoms with Crippen LogP contribution in [0.15, 0.2) is 88.7 Å². The highest BCUT2D eigenvalue weighted by Gasteiger charge is 2.32. The first-order valence-electron chi connectivity index (χ1n) is 14.2. The Balaban J connectivity index is 1.29. The molecule has 2 N–H and O–H groups in total. The van der Waals surface area contributed by atoms with E-state index in [0.29, 0.717) is 45.1 Å². The zero-order valence-corrected chi connectivity index (χ0v) is 25.1. The average molecular weight is 605 g/mol. The third-order valence-electron chi connectivity index (χ3n) is 7.82. The first-order valence-corrected chi connectivity index (χ1v) is 14.2. The summed E-state index contributed by atoms with van der Waals surface area (Å²) in [5.41, 5.74) is 11.5. The van der Waals surface area contributed by atoms with Crippen LogP contribution in [0.3, 0.4) is 0 Å². The third kappa shape index (κ3) is 5.43. The molecule has 8 nitrogen and oxygen atoms in total. The number of nitrogens with two attached hydrogens (primary N) is 1. The lowest BCUT2D eigenvalue weighted by atomic mass is 9.83. The molecule has 4 aromatic carbocycles. The van der Waals surface area contributed by atoms with E-state index < -0.39 is 11.9 Å². The smallest absolute Gasteiger partial charge is 0.379 e. The number of furan rings is 1. The van der Waals surface area contributed by atoms with Crippen molar-refractivity contribution in [2.24, 2.45) is 5.73 Å². The second-order valence-corrected chi connectivity index (χ2v) is 10.8. The van der Waals surface area contributed by atoms with Crippen LogP contribution in [0, 0.1) is 37.9 Å². The summed E-state index contributed by atoms with van der Waals surface area (Å²) in [6.45, 7) is 5.77. The highest BCUT2D eigenvalue weighted by molar-refractivity contribution is 5.98. The molecule has 1 aliphatic heterocycles. The van der Waals surface area contributed by atoms with E-state index >= 15 is 0 Å². The van der Waals surface area contributed by atoms with Crippen LogP contribution in [0.4, 0.5) is 4.39 Å². The molecule has 0 radical (unpaired) electrons. The van der Waals surface area contributed by atoms with Crippen LogP contribution in [-0.2, 0) is 6.61 Å². The fraction of sp³-hybridized carbons (Fsp3) is 0.167. The topological polar surface area (TPSA) is 117 Å². The summed E-state index contributed by atoms with van der Waals surface area (Å²) in [4.78, 5) is 13.2. The van der Waals surface area contributed by atoms with Gasteiger partial charge in [0.1, 0.15) is 41.1 Å². The Labute approximate surface area is 259 Å². The molecule has 0 saturated heterocycles. The van der Waals surface area contributed by atoms with Crippen molar-refractivity contribution in [3.8, 4) is 29.1 Å². The molecule has 2 heterocycles. The minimum absolute atomic E-state index is 0.00702. The van der Waals surface area contributed by atoms with Crippen molar-refractivity contribution in [2.45, 2.75) is 33.3 Å². The number of aryl methyl sites for hydroxylation is 3. The molecule has 0 fully saturated rings. The van der Waals surface area contributed by atoms with Crippen LogP contribution in [-0.4, -0.2) is 13.1 Å². The fourth-order valence-corrected chi connectivity index (χ4v) is 5.73. The van der Waals surface area contributed by atoms with E-state index in [1.165, 1.54) is 13.2 Å². The number of methoxy groups -OCH3 is 1. The number of allylic oxidation sites excluding steroid dienone is 1. The maximum atomic E-state index is 14.1. The molecule has 0 saturated carbocycles. The quantitative estimate of drug-likeness (QED) is 0.150. The maximum Gasteiger partial charge on any atom is 0.379 e. The molecule has 1 aliphatic rings. The van der Waals surface area contributed by atoms with Crippen LogP contribution >= 0.6 is 0 Å². The predicted octanol–water partition coefficient (Wildman–Crippen LogP) is 7.52. The number of rotatable bonds is 7. The van der Waals surface area contributed by atoms with E-state index in [9.17, 15) is 14.4 Å². The monoisotopic (exact) mass is 604 g/mol. The van der Waals surface area contributed by atoms with Gasteiger partial charge in [-0.25, -0.2) is 9.18 Å². The molecule has 226 valence electrons. The lowest BCUT2D eigenvalue weighted by molar-refractivity contribution is 0.0702. The van der Waals surface area contributed by atoms with Crippen molar-refractivity contribution in [2.75, 3.05) is 7.11 Å². The number of nitriles is 1. The lowest BCUT2D eigenvalue weighted by Gasteiger charge is -2.27. The number of esters is 1. The molecule has 1 unspecified atom stereocenters. The molecule has 0 bridgehead atoms. The Hall–Kier alpha value is -5.75. The van der Waals surface area contributed by atoms with E-state index in [-0.39, 0.29) is 35.4 Å². The van der Waals surface area contributed by atoms with Crippen LogP contribution in [0.1, 0.15) is 49.9 Å². The molecule has 1 atom stereocenters. The largest absolute Gasteiger partial charge is 0.493 e. The fourth-order valence-electron chi connectivity index (χ4n) is 5.73. The summed E-state index contributed by atoms with van der Waals surface area (Å²) in [6.07, 6.45) is 0. The summed E-state index contributed by atoms with van der Waals surface area (Å²) in [7, 11) is 1.50. The van der Waals surface area contributed by atoms with Gasteiger partial charge in [0.15, 0.2) is 11.5 Å². The Morgan fingerprint density at radius 2 is 1.82 bits per heavy atom. The van der Waals surface area contributed by atoms with Gasteiger partial charge in [-0.15, -0.1) is 0 Å². The number of halogens is 1.